The van der Waals surface area contributed by atoms with Crippen LogP contribution in [0.2, 0.25) is 0 Å². The minimum atomic E-state index is -0.0275. The summed E-state index contributed by atoms with van der Waals surface area (Å²) < 4.78 is 0. The van der Waals surface area contributed by atoms with E-state index >= 15 is 0 Å². The molecule has 1 aliphatic heterocycles. The number of amidine groups is 1. The molecule has 7 nitrogen and oxygen atoms in total. The summed E-state index contributed by atoms with van der Waals surface area (Å²) in [5.74, 6) is 0.636. The Kier molecular flexibility index (Phi) is 5.57. The Morgan fingerprint density at radius 1 is 0.862 bits per heavy atom. The summed E-state index contributed by atoms with van der Waals surface area (Å²) in [5.41, 5.74) is 2.94. The van der Waals surface area contributed by atoms with Gasteiger partial charge in [0.25, 0.3) is 0 Å². The van der Waals surface area contributed by atoms with Crippen molar-refractivity contribution in [3.05, 3.63) is 90.0 Å². The third-order valence-electron chi connectivity index (χ3n) is 4.29. The monoisotopic (exact) mass is 382 g/mol. The van der Waals surface area contributed by atoms with E-state index < -0.39 is 0 Å². The van der Waals surface area contributed by atoms with Gasteiger partial charge in [-0.05, 0) is 35.9 Å². The molecule has 0 amide bonds. The number of phenolic OH excluding ortho intramolecular Hbond substituents is 1. The highest BCUT2D eigenvalue weighted by atomic mass is 16.3. The van der Waals surface area contributed by atoms with E-state index in [0.717, 1.165) is 11.3 Å². The van der Waals surface area contributed by atoms with Crippen molar-refractivity contribution in [3.63, 3.8) is 0 Å². The van der Waals surface area contributed by atoms with Crippen LogP contribution in [-0.4, -0.2) is 17.2 Å². The molecule has 3 aromatic rings. The second kappa shape index (κ2) is 8.79. The zero-order valence-electron chi connectivity index (χ0n) is 15.5. The largest absolute Gasteiger partial charge is 0.507 e. The van der Waals surface area contributed by atoms with Gasteiger partial charge >= 0.3 is 0 Å². The molecule has 1 atom stereocenters. The van der Waals surface area contributed by atoms with Crippen LogP contribution < -0.4 is 0 Å². The number of aromatic hydroxyl groups is 1. The van der Waals surface area contributed by atoms with Gasteiger partial charge in [0.05, 0.1) is 17.6 Å². The lowest BCUT2D eigenvalue weighted by molar-refractivity contribution is 0.474. The normalized spacial score (nSPS) is 17.7. The van der Waals surface area contributed by atoms with E-state index in [1.807, 2.05) is 60.7 Å². The number of hydrogen-bond donors (Lipinski definition) is 1. The molecule has 1 aliphatic rings. The molecule has 29 heavy (non-hydrogen) atoms. The van der Waals surface area contributed by atoms with Gasteiger partial charge in [0, 0.05) is 12.0 Å². The molecule has 0 aromatic heterocycles. The van der Waals surface area contributed by atoms with Crippen LogP contribution in [-0.2, 0) is 0 Å². The maximum absolute atomic E-state index is 10.0. The van der Waals surface area contributed by atoms with Crippen molar-refractivity contribution < 1.29 is 5.11 Å². The standard InChI is InChI=1S/C22H18N6O/c29-21-12-11-19(25-24-18-9-5-2-6-10-18)13-17(21)15-23-27-22-14-20(26-28-22)16-7-3-1-4-8-16/h1-13,15,20,29H,14H2/b23-15-,25-24?,27-22-/t20-/m0/s1. The summed E-state index contributed by atoms with van der Waals surface area (Å²) in [7, 11) is 0. The van der Waals surface area contributed by atoms with Crippen molar-refractivity contribution in [2.45, 2.75) is 12.5 Å². The molecule has 142 valence electrons. The van der Waals surface area contributed by atoms with Gasteiger partial charge in [-0.15, -0.1) is 10.2 Å². The molecule has 0 fully saturated rings. The van der Waals surface area contributed by atoms with Crippen LogP contribution >= 0.6 is 0 Å². The fourth-order valence-electron chi connectivity index (χ4n) is 2.79. The molecular weight excluding hydrogens is 364 g/mol. The summed E-state index contributed by atoms with van der Waals surface area (Å²) >= 11 is 0. The predicted molar refractivity (Wildman–Crippen MR) is 112 cm³/mol. The zero-order chi connectivity index (χ0) is 19.9. The van der Waals surface area contributed by atoms with Crippen LogP contribution in [0.5, 0.6) is 5.75 Å². The second-order valence-corrected chi connectivity index (χ2v) is 6.39. The minimum absolute atomic E-state index is 0.0275. The Balaban J connectivity index is 1.44. The summed E-state index contributed by atoms with van der Waals surface area (Å²) in [5, 5.41) is 34.9. The van der Waals surface area contributed by atoms with Gasteiger partial charge in [0.1, 0.15) is 11.8 Å². The van der Waals surface area contributed by atoms with E-state index in [9.17, 15) is 5.11 Å². The molecule has 0 aliphatic carbocycles. The van der Waals surface area contributed by atoms with E-state index in [0.29, 0.717) is 23.5 Å². The van der Waals surface area contributed by atoms with Crippen molar-refractivity contribution in [1.82, 2.24) is 0 Å². The number of hydrogen-bond acceptors (Lipinski definition) is 6. The number of nitrogens with zero attached hydrogens (tertiary/aromatic N) is 6. The van der Waals surface area contributed by atoms with E-state index in [4.69, 9.17) is 0 Å². The van der Waals surface area contributed by atoms with Gasteiger partial charge in [-0.25, -0.2) is 0 Å². The summed E-state index contributed by atoms with van der Waals surface area (Å²) in [6.07, 6.45) is 2.06. The summed E-state index contributed by atoms with van der Waals surface area (Å²) in [6, 6.07) is 24.3. The van der Waals surface area contributed by atoms with E-state index in [1.54, 1.807) is 18.2 Å². The summed E-state index contributed by atoms with van der Waals surface area (Å²) in [4.78, 5) is 0. The van der Waals surface area contributed by atoms with Crippen LogP contribution in [0, 0.1) is 0 Å². The van der Waals surface area contributed by atoms with Gasteiger partial charge in [0.2, 0.25) is 0 Å². The average molecular weight is 382 g/mol. The Labute approximate surface area is 167 Å². The third-order valence-corrected chi connectivity index (χ3v) is 4.29. The number of benzene rings is 3. The molecular formula is C22H18N6O. The predicted octanol–water partition coefficient (Wildman–Crippen LogP) is 6.14. The van der Waals surface area contributed by atoms with Crippen molar-refractivity contribution in [2.75, 3.05) is 0 Å². The van der Waals surface area contributed by atoms with Gasteiger partial charge in [-0.1, -0.05) is 48.5 Å². The first-order valence-electron chi connectivity index (χ1n) is 9.13. The van der Waals surface area contributed by atoms with Crippen molar-refractivity contribution >= 4 is 23.4 Å². The van der Waals surface area contributed by atoms with Gasteiger partial charge in [-0.3, -0.25) is 0 Å². The molecule has 0 saturated carbocycles. The molecule has 0 unspecified atom stereocenters. The van der Waals surface area contributed by atoms with Gasteiger partial charge in [-0.2, -0.15) is 20.4 Å². The zero-order valence-corrected chi connectivity index (χ0v) is 15.5. The topological polar surface area (TPSA) is 94.4 Å². The highest BCUT2D eigenvalue weighted by Crippen LogP contribution is 2.27. The van der Waals surface area contributed by atoms with E-state index in [-0.39, 0.29) is 11.8 Å². The number of rotatable bonds is 5. The molecule has 1 N–H and O–H groups in total. The highest BCUT2D eigenvalue weighted by Gasteiger charge is 2.19. The van der Waals surface area contributed by atoms with Crippen LogP contribution in [0.3, 0.4) is 0 Å². The maximum Gasteiger partial charge on any atom is 0.175 e. The molecule has 4 rings (SSSR count). The van der Waals surface area contributed by atoms with Crippen molar-refractivity contribution in [2.24, 2.45) is 30.7 Å². The molecule has 0 bridgehead atoms. The fourth-order valence-corrected chi connectivity index (χ4v) is 2.79. The third kappa shape index (κ3) is 4.84. The van der Waals surface area contributed by atoms with Crippen molar-refractivity contribution in [3.8, 4) is 5.75 Å². The highest BCUT2D eigenvalue weighted by molar-refractivity contribution is 5.87. The molecule has 3 aromatic carbocycles. The molecule has 1 heterocycles. The van der Waals surface area contributed by atoms with Crippen LogP contribution in [0.4, 0.5) is 11.4 Å². The minimum Gasteiger partial charge on any atom is -0.507 e. The quantitative estimate of drug-likeness (QED) is 0.320. The van der Waals surface area contributed by atoms with Gasteiger partial charge < -0.3 is 5.11 Å². The Morgan fingerprint density at radius 2 is 1.59 bits per heavy atom. The Bertz CT molecular complexity index is 1090. The molecule has 0 spiro atoms. The lowest BCUT2D eigenvalue weighted by Crippen LogP contribution is -1.95. The average Bonchev–Trinajstić information content (AvgIpc) is 3.24. The first-order valence-corrected chi connectivity index (χ1v) is 9.13. The lowest BCUT2D eigenvalue weighted by atomic mass is 10.1. The fraction of sp³-hybridized carbons (Fsp3) is 0.0909. The Morgan fingerprint density at radius 3 is 2.38 bits per heavy atom. The number of azo groups is 2. The maximum atomic E-state index is 10.0. The Hall–Kier alpha value is -4.00. The van der Waals surface area contributed by atoms with Crippen molar-refractivity contribution in [1.29, 1.82) is 0 Å². The van der Waals surface area contributed by atoms with Gasteiger partial charge in [0.15, 0.2) is 5.84 Å². The molecule has 7 heteroatoms. The van der Waals surface area contributed by atoms with Crippen LogP contribution in [0.25, 0.3) is 0 Å². The number of phenols is 1. The lowest BCUT2D eigenvalue weighted by Gasteiger charge is -2.03. The van der Waals surface area contributed by atoms with Crippen LogP contribution in [0.1, 0.15) is 23.6 Å². The van der Waals surface area contributed by atoms with Crippen LogP contribution in [0.15, 0.2) is 110 Å². The summed E-state index contributed by atoms with van der Waals surface area (Å²) in [6.45, 7) is 0. The first-order chi connectivity index (χ1) is 14.3. The molecule has 0 saturated heterocycles. The SMILES string of the molecule is Oc1ccc(N=Nc2ccccc2)cc1/C=N\N=C1\C[C@@H](c2ccccc2)N=N1. The second-order valence-electron chi connectivity index (χ2n) is 6.39. The van der Waals surface area contributed by atoms with E-state index in [2.05, 4.69) is 30.7 Å². The first kappa shape index (κ1) is 18.4. The van der Waals surface area contributed by atoms with E-state index in [1.165, 1.54) is 6.21 Å². The molecule has 0 radical (unpaired) electrons. The smallest absolute Gasteiger partial charge is 0.175 e.